The van der Waals surface area contributed by atoms with Gasteiger partial charge in [-0.25, -0.2) is 4.57 Å². The van der Waals surface area contributed by atoms with E-state index < -0.39 is 0 Å². The fourth-order valence-electron chi connectivity index (χ4n) is 3.94. The van der Waals surface area contributed by atoms with Crippen molar-refractivity contribution < 1.29 is 4.57 Å². The maximum atomic E-state index is 4.70. The van der Waals surface area contributed by atoms with Gasteiger partial charge in [0.15, 0.2) is 6.20 Å². The van der Waals surface area contributed by atoms with Crippen LogP contribution >= 0.6 is 0 Å². The highest BCUT2D eigenvalue weighted by atomic mass is 14.9. The van der Waals surface area contributed by atoms with Crippen molar-refractivity contribution in [1.29, 1.82) is 0 Å². The van der Waals surface area contributed by atoms with Crippen LogP contribution in [0.25, 0.3) is 33.3 Å². The smallest absolute Gasteiger partial charge is 0.213 e. The molecule has 0 saturated heterocycles. The zero-order valence-corrected chi connectivity index (χ0v) is 18.1. The van der Waals surface area contributed by atoms with Gasteiger partial charge in [-0.2, -0.15) is 0 Å². The highest BCUT2D eigenvalue weighted by molar-refractivity contribution is 5.96. The highest BCUT2D eigenvalue weighted by Crippen LogP contribution is 2.31. The lowest BCUT2D eigenvalue weighted by atomic mass is 9.95. The summed E-state index contributed by atoms with van der Waals surface area (Å²) >= 11 is 0. The Balaban J connectivity index is 1.89. The van der Waals surface area contributed by atoms with Crippen LogP contribution in [0, 0.1) is 20.8 Å². The molecule has 0 unspecified atom stereocenters. The molecular formula is C26H28N3+. The van der Waals surface area contributed by atoms with Crippen LogP contribution in [-0.2, 0) is 7.05 Å². The van der Waals surface area contributed by atoms with Gasteiger partial charge in [0.05, 0.1) is 23.0 Å². The average Bonchev–Trinajstić information content (AvgIpc) is 2.70. The summed E-state index contributed by atoms with van der Waals surface area (Å²) < 4.78 is 2.23. The molecule has 29 heavy (non-hydrogen) atoms. The third-order valence-electron chi connectivity index (χ3n) is 5.76. The predicted molar refractivity (Wildman–Crippen MR) is 120 cm³/mol. The van der Waals surface area contributed by atoms with Crippen molar-refractivity contribution in [3.05, 3.63) is 77.4 Å². The van der Waals surface area contributed by atoms with Crippen LogP contribution < -0.4 is 4.57 Å². The first-order valence-electron chi connectivity index (χ1n) is 10.2. The molecular weight excluding hydrogens is 354 g/mol. The number of aryl methyl sites for hydroxylation is 3. The topological polar surface area (TPSA) is 29.7 Å². The second-order valence-electron chi connectivity index (χ2n) is 8.31. The molecule has 0 spiro atoms. The monoisotopic (exact) mass is 382 g/mol. The van der Waals surface area contributed by atoms with E-state index in [0.29, 0.717) is 5.92 Å². The maximum absolute atomic E-state index is 4.70. The Labute approximate surface area is 173 Å². The molecule has 3 heteroatoms. The number of fused-ring (bicyclic) bond motifs is 1. The van der Waals surface area contributed by atoms with E-state index in [-0.39, 0.29) is 0 Å². The van der Waals surface area contributed by atoms with Crippen molar-refractivity contribution in [2.45, 2.75) is 40.5 Å². The SMILES string of the molecule is Cc1cc(C)c(C)c(-c2cc3cccc(-c4cnc(C(C)C)cn4)c3c[n+]2C)c1. The molecule has 4 aromatic rings. The minimum Gasteiger partial charge on any atom is -0.257 e. The van der Waals surface area contributed by atoms with E-state index in [1.165, 1.54) is 38.7 Å². The average molecular weight is 383 g/mol. The van der Waals surface area contributed by atoms with Gasteiger partial charge in [-0.15, -0.1) is 0 Å². The van der Waals surface area contributed by atoms with Gasteiger partial charge in [-0.05, 0) is 49.3 Å². The quantitative estimate of drug-likeness (QED) is 0.417. The first kappa shape index (κ1) is 19.3. The third kappa shape index (κ3) is 3.53. The second kappa shape index (κ2) is 7.40. The molecule has 0 atom stereocenters. The van der Waals surface area contributed by atoms with E-state index in [1.54, 1.807) is 0 Å². The van der Waals surface area contributed by atoms with Crippen LogP contribution in [0.2, 0.25) is 0 Å². The van der Waals surface area contributed by atoms with Gasteiger partial charge in [-0.1, -0.05) is 43.7 Å². The minimum atomic E-state index is 0.380. The summed E-state index contributed by atoms with van der Waals surface area (Å²) in [6.07, 6.45) is 6.01. The fourth-order valence-corrected chi connectivity index (χ4v) is 3.94. The zero-order chi connectivity index (χ0) is 20.7. The van der Waals surface area contributed by atoms with Crippen LogP contribution in [-0.4, -0.2) is 9.97 Å². The number of pyridine rings is 1. The van der Waals surface area contributed by atoms with Crippen molar-refractivity contribution in [1.82, 2.24) is 9.97 Å². The van der Waals surface area contributed by atoms with Crippen LogP contribution in [0.4, 0.5) is 0 Å². The van der Waals surface area contributed by atoms with Gasteiger partial charge in [0, 0.05) is 23.4 Å². The summed E-state index contributed by atoms with van der Waals surface area (Å²) in [5.41, 5.74) is 9.51. The summed E-state index contributed by atoms with van der Waals surface area (Å²) in [5.74, 6) is 0.380. The van der Waals surface area contributed by atoms with Crippen molar-refractivity contribution >= 4 is 10.8 Å². The fraction of sp³-hybridized carbons (Fsp3) is 0.269. The number of benzene rings is 2. The Morgan fingerprint density at radius 3 is 2.38 bits per heavy atom. The molecule has 0 radical (unpaired) electrons. The number of aromatic nitrogens is 3. The molecule has 2 aromatic heterocycles. The van der Waals surface area contributed by atoms with Gasteiger partial charge in [0.2, 0.25) is 5.69 Å². The number of rotatable bonds is 3. The van der Waals surface area contributed by atoms with Gasteiger partial charge in [0.1, 0.15) is 7.05 Å². The predicted octanol–water partition coefficient (Wildman–Crippen LogP) is 5.84. The number of hydrogen-bond donors (Lipinski definition) is 0. The Morgan fingerprint density at radius 2 is 1.69 bits per heavy atom. The standard InChI is InChI=1S/C26H28N3/c1-16(2)24-13-28-25(14-27-24)21-9-7-8-20-12-26(29(6)15-23(20)21)22-11-17(3)10-18(4)19(22)5/h7-16H,1-6H3/q+1. The lowest BCUT2D eigenvalue weighted by Gasteiger charge is -2.11. The van der Waals surface area contributed by atoms with E-state index >= 15 is 0 Å². The molecule has 0 bridgehead atoms. The van der Waals surface area contributed by atoms with Crippen LogP contribution in [0.1, 0.15) is 42.1 Å². The lowest BCUT2D eigenvalue weighted by Crippen LogP contribution is -2.30. The van der Waals surface area contributed by atoms with Crippen molar-refractivity contribution in [3.8, 4) is 22.5 Å². The molecule has 2 heterocycles. The van der Waals surface area contributed by atoms with Crippen LogP contribution in [0.3, 0.4) is 0 Å². The highest BCUT2D eigenvalue weighted by Gasteiger charge is 2.18. The van der Waals surface area contributed by atoms with Gasteiger partial charge in [0.25, 0.3) is 0 Å². The number of hydrogen-bond acceptors (Lipinski definition) is 2. The molecule has 3 nitrogen and oxygen atoms in total. The largest absolute Gasteiger partial charge is 0.257 e. The van der Waals surface area contributed by atoms with Crippen LogP contribution in [0.5, 0.6) is 0 Å². The Kier molecular flexibility index (Phi) is 4.91. The first-order chi connectivity index (χ1) is 13.8. The summed E-state index contributed by atoms with van der Waals surface area (Å²) in [6.45, 7) is 10.8. The Morgan fingerprint density at radius 1 is 0.897 bits per heavy atom. The molecule has 0 N–H and O–H groups in total. The summed E-state index contributed by atoms with van der Waals surface area (Å²) in [7, 11) is 2.12. The molecule has 0 aliphatic heterocycles. The van der Waals surface area contributed by atoms with Crippen molar-refractivity contribution in [2.75, 3.05) is 0 Å². The molecule has 2 aromatic carbocycles. The molecule has 4 rings (SSSR count). The second-order valence-corrected chi connectivity index (χ2v) is 8.31. The summed E-state index contributed by atoms with van der Waals surface area (Å²) in [5, 5.41) is 2.40. The summed E-state index contributed by atoms with van der Waals surface area (Å²) in [6, 6.07) is 13.2. The van der Waals surface area contributed by atoms with E-state index in [2.05, 4.69) is 93.8 Å². The van der Waals surface area contributed by atoms with E-state index in [9.17, 15) is 0 Å². The molecule has 0 amide bonds. The lowest BCUT2D eigenvalue weighted by molar-refractivity contribution is -0.659. The normalized spacial score (nSPS) is 11.4. The number of nitrogens with zero attached hydrogens (tertiary/aromatic N) is 3. The van der Waals surface area contributed by atoms with Crippen molar-refractivity contribution in [2.24, 2.45) is 7.05 Å². The minimum absolute atomic E-state index is 0.380. The molecule has 0 aliphatic carbocycles. The molecule has 146 valence electrons. The van der Waals surface area contributed by atoms with Gasteiger partial charge < -0.3 is 0 Å². The van der Waals surface area contributed by atoms with Gasteiger partial charge >= 0.3 is 0 Å². The maximum Gasteiger partial charge on any atom is 0.213 e. The van der Waals surface area contributed by atoms with E-state index in [1.807, 2.05) is 12.4 Å². The molecule has 0 fully saturated rings. The third-order valence-corrected chi connectivity index (χ3v) is 5.76. The van der Waals surface area contributed by atoms with E-state index in [4.69, 9.17) is 4.98 Å². The van der Waals surface area contributed by atoms with Crippen LogP contribution in [0.15, 0.2) is 55.0 Å². The summed E-state index contributed by atoms with van der Waals surface area (Å²) in [4.78, 5) is 9.31. The molecule has 0 saturated carbocycles. The van der Waals surface area contributed by atoms with Gasteiger partial charge in [-0.3, -0.25) is 9.97 Å². The first-order valence-corrected chi connectivity index (χ1v) is 10.2. The van der Waals surface area contributed by atoms with Crippen molar-refractivity contribution in [3.63, 3.8) is 0 Å². The Bertz CT molecular complexity index is 1210. The van der Waals surface area contributed by atoms with E-state index in [0.717, 1.165) is 17.0 Å². The molecule has 0 aliphatic rings. The zero-order valence-electron chi connectivity index (χ0n) is 18.1. The Hall–Kier alpha value is -3.07.